The zero-order valence-electron chi connectivity index (χ0n) is 12.3. The maximum Gasteiger partial charge on any atom is 0.123 e. The Labute approximate surface area is 116 Å². The Bertz CT molecular complexity index is 446. The van der Waals surface area contributed by atoms with E-state index in [1.165, 1.54) is 18.4 Å². The third kappa shape index (κ3) is 4.55. The van der Waals surface area contributed by atoms with Crippen molar-refractivity contribution in [2.24, 2.45) is 4.99 Å². The van der Waals surface area contributed by atoms with Crippen molar-refractivity contribution in [3.8, 4) is 0 Å². The first-order valence-corrected chi connectivity index (χ1v) is 7.12. The van der Waals surface area contributed by atoms with Crippen LogP contribution in [0.3, 0.4) is 0 Å². The van der Waals surface area contributed by atoms with Gasteiger partial charge in [-0.2, -0.15) is 0 Å². The third-order valence-electron chi connectivity index (χ3n) is 3.10. The standard InChI is InChI=1S/C17H24N2/c1-17(2,3)18-16(19-13-7-8-14-19)12-11-15-9-5-4-6-10-15/h4-6,9-12H,7-8,13-14H2,1-3H3/b12-11+,18-16?. The van der Waals surface area contributed by atoms with Gasteiger partial charge in [-0.1, -0.05) is 36.4 Å². The van der Waals surface area contributed by atoms with E-state index >= 15 is 0 Å². The van der Waals surface area contributed by atoms with Gasteiger partial charge in [0.15, 0.2) is 0 Å². The summed E-state index contributed by atoms with van der Waals surface area (Å²) in [4.78, 5) is 7.26. The Kier molecular flexibility index (Phi) is 4.41. The molecule has 0 aromatic heterocycles. The van der Waals surface area contributed by atoms with E-state index in [9.17, 15) is 0 Å². The second-order valence-electron chi connectivity index (χ2n) is 6.08. The van der Waals surface area contributed by atoms with Crippen LogP contribution in [0, 0.1) is 0 Å². The number of likely N-dealkylation sites (tertiary alicyclic amines) is 1. The van der Waals surface area contributed by atoms with Gasteiger partial charge < -0.3 is 4.90 Å². The van der Waals surface area contributed by atoms with Crippen molar-refractivity contribution >= 4 is 11.9 Å². The quantitative estimate of drug-likeness (QED) is 0.577. The number of nitrogens with zero attached hydrogens (tertiary/aromatic N) is 2. The van der Waals surface area contributed by atoms with E-state index in [4.69, 9.17) is 4.99 Å². The van der Waals surface area contributed by atoms with Crippen molar-refractivity contribution in [1.29, 1.82) is 0 Å². The first-order valence-electron chi connectivity index (χ1n) is 7.12. The molecule has 0 atom stereocenters. The maximum absolute atomic E-state index is 4.86. The summed E-state index contributed by atoms with van der Waals surface area (Å²) in [6, 6.07) is 10.4. The highest BCUT2D eigenvalue weighted by Gasteiger charge is 2.17. The molecule has 1 fully saturated rings. The maximum atomic E-state index is 4.86. The van der Waals surface area contributed by atoms with Crippen LogP contribution in [0.1, 0.15) is 39.2 Å². The lowest BCUT2D eigenvalue weighted by molar-refractivity contribution is 0.498. The highest BCUT2D eigenvalue weighted by molar-refractivity contribution is 5.96. The van der Waals surface area contributed by atoms with Gasteiger partial charge in [0.1, 0.15) is 5.84 Å². The summed E-state index contributed by atoms with van der Waals surface area (Å²) in [5.74, 6) is 1.12. The van der Waals surface area contributed by atoms with Crippen molar-refractivity contribution in [3.05, 3.63) is 42.0 Å². The average molecular weight is 256 g/mol. The average Bonchev–Trinajstić information content (AvgIpc) is 2.88. The van der Waals surface area contributed by atoms with Gasteiger partial charge in [0.2, 0.25) is 0 Å². The van der Waals surface area contributed by atoms with Crippen LogP contribution in [-0.4, -0.2) is 29.4 Å². The normalized spacial score (nSPS) is 17.4. The molecule has 0 N–H and O–H groups in total. The van der Waals surface area contributed by atoms with E-state index in [1.54, 1.807) is 0 Å². The molecule has 0 unspecified atom stereocenters. The summed E-state index contributed by atoms with van der Waals surface area (Å²) in [6.45, 7) is 8.72. The second-order valence-corrected chi connectivity index (χ2v) is 6.08. The largest absolute Gasteiger partial charge is 0.357 e. The Balaban J connectivity index is 2.18. The predicted octanol–water partition coefficient (Wildman–Crippen LogP) is 3.99. The lowest BCUT2D eigenvalue weighted by Crippen LogP contribution is -2.29. The van der Waals surface area contributed by atoms with Gasteiger partial charge in [-0.25, -0.2) is 0 Å². The summed E-state index contributed by atoms with van der Waals surface area (Å²) >= 11 is 0. The molecule has 0 bridgehead atoms. The molecular formula is C17H24N2. The van der Waals surface area contributed by atoms with Crippen LogP contribution in [0.15, 0.2) is 41.4 Å². The molecule has 2 rings (SSSR count). The van der Waals surface area contributed by atoms with E-state index in [1.807, 2.05) is 6.07 Å². The van der Waals surface area contributed by atoms with Crippen LogP contribution in [0.4, 0.5) is 0 Å². The molecule has 0 radical (unpaired) electrons. The summed E-state index contributed by atoms with van der Waals surface area (Å²) in [5.41, 5.74) is 1.20. The van der Waals surface area contributed by atoms with Crippen molar-refractivity contribution in [2.45, 2.75) is 39.2 Å². The van der Waals surface area contributed by atoms with Crippen molar-refractivity contribution in [1.82, 2.24) is 4.90 Å². The lowest BCUT2D eigenvalue weighted by atomic mass is 10.1. The molecular weight excluding hydrogens is 232 g/mol. The predicted molar refractivity (Wildman–Crippen MR) is 83.5 cm³/mol. The summed E-state index contributed by atoms with van der Waals surface area (Å²) in [7, 11) is 0. The van der Waals surface area contributed by atoms with Gasteiger partial charge in [-0.3, -0.25) is 4.99 Å². The van der Waals surface area contributed by atoms with Crippen LogP contribution >= 0.6 is 0 Å². The van der Waals surface area contributed by atoms with Gasteiger partial charge in [-0.05, 0) is 45.3 Å². The summed E-state index contributed by atoms with van der Waals surface area (Å²) in [5, 5.41) is 0. The number of rotatable bonds is 2. The third-order valence-corrected chi connectivity index (χ3v) is 3.10. The fourth-order valence-electron chi connectivity index (χ4n) is 2.24. The Morgan fingerprint density at radius 1 is 1.11 bits per heavy atom. The number of amidine groups is 1. The number of aliphatic imine (C=N–C) groups is 1. The number of hydrogen-bond donors (Lipinski definition) is 0. The van der Waals surface area contributed by atoms with Crippen molar-refractivity contribution < 1.29 is 0 Å². The minimum Gasteiger partial charge on any atom is -0.357 e. The molecule has 2 nitrogen and oxygen atoms in total. The molecule has 1 saturated heterocycles. The molecule has 102 valence electrons. The van der Waals surface area contributed by atoms with E-state index < -0.39 is 0 Å². The smallest absolute Gasteiger partial charge is 0.123 e. The molecule has 1 heterocycles. The zero-order chi connectivity index (χ0) is 13.7. The minimum atomic E-state index is -0.0288. The topological polar surface area (TPSA) is 15.6 Å². The fourth-order valence-corrected chi connectivity index (χ4v) is 2.24. The first-order chi connectivity index (χ1) is 9.04. The highest BCUT2D eigenvalue weighted by atomic mass is 15.2. The monoisotopic (exact) mass is 256 g/mol. The molecule has 0 aliphatic carbocycles. The van der Waals surface area contributed by atoms with Crippen molar-refractivity contribution in [3.63, 3.8) is 0 Å². The molecule has 1 aromatic rings. The summed E-state index contributed by atoms with van der Waals surface area (Å²) < 4.78 is 0. The van der Waals surface area contributed by atoms with Crippen LogP contribution < -0.4 is 0 Å². The van der Waals surface area contributed by atoms with Crippen LogP contribution in [0.5, 0.6) is 0 Å². The van der Waals surface area contributed by atoms with Gasteiger partial charge in [0, 0.05) is 13.1 Å². The molecule has 0 spiro atoms. The number of hydrogen-bond acceptors (Lipinski definition) is 1. The van der Waals surface area contributed by atoms with Gasteiger partial charge in [0.05, 0.1) is 5.54 Å². The Hall–Kier alpha value is -1.57. The lowest BCUT2D eigenvalue weighted by Gasteiger charge is -2.22. The fraction of sp³-hybridized carbons (Fsp3) is 0.471. The van der Waals surface area contributed by atoms with Crippen molar-refractivity contribution in [2.75, 3.05) is 13.1 Å². The van der Waals surface area contributed by atoms with E-state index in [2.05, 4.69) is 62.1 Å². The number of benzene rings is 1. The molecule has 2 heteroatoms. The van der Waals surface area contributed by atoms with Gasteiger partial charge >= 0.3 is 0 Å². The second kappa shape index (κ2) is 6.05. The molecule has 1 aromatic carbocycles. The van der Waals surface area contributed by atoms with Crippen LogP contribution in [0.2, 0.25) is 0 Å². The minimum absolute atomic E-state index is 0.0288. The zero-order valence-corrected chi connectivity index (χ0v) is 12.3. The Morgan fingerprint density at radius 2 is 1.74 bits per heavy atom. The van der Waals surface area contributed by atoms with E-state index in [0.717, 1.165) is 18.9 Å². The van der Waals surface area contributed by atoms with Crippen LogP contribution in [-0.2, 0) is 0 Å². The summed E-state index contributed by atoms with van der Waals surface area (Å²) in [6.07, 6.45) is 6.87. The van der Waals surface area contributed by atoms with Gasteiger partial charge in [-0.15, -0.1) is 0 Å². The van der Waals surface area contributed by atoms with Crippen LogP contribution in [0.25, 0.3) is 6.08 Å². The first kappa shape index (κ1) is 13.9. The molecule has 1 aliphatic rings. The van der Waals surface area contributed by atoms with E-state index in [0.29, 0.717) is 0 Å². The molecule has 0 saturated carbocycles. The SMILES string of the molecule is CC(C)(C)N=C(/C=C/c1ccccc1)N1CCCC1. The Morgan fingerprint density at radius 3 is 2.32 bits per heavy atom. The van der Waals surface area contributed by atoms with Gasteiger partial charge in [0.25, 0.3) is 0 Å². The molecule has 1 aliphatic heterocycles. The van der Waals surface area contributed by atoms with E-state index in [-0.39, 0.29) is 5.54 Å². The highest BCUT2D eigenvalue weighted by Crippen LogP contribution is 2.15. The molecule has 19 heavy (non-hydrogen) atoms. The molecule has 0 amide bonds.